The van der Waals surface area contributed by atoms with Crippen molar-refractivity contribution in [2.24, 2.45) is 5.10 Å². The number of carbonyl (C=O) groups excluding carboxylic acids is 3. The van der Waals surface area contributed by atoms with E-state index in [1.54, 1.807) is 18.2 Å². The summed E-state index contributed by atoms with van der Waals surface area (Å²) in [5.74, 6) is -1.51. The Balaban J connectivity index is 1.64. The predicted molar refractivity (Wildman–Crippen MR) is 141 cm³/mol. The minimum Gasteiger partial charge on any atom is -0.493 e. The molecule has 0 unspecified atom stereocenters. The van der Waals surface area contributed by atoms with Gasteiger partial charge >= 0.3 is 5.97 Å². The molecule has 37 heavy (non-hydrogen) atoms. The number of halogens is 3. The minimum atomic E-state index is -0.779. The average molecular weight is 637 g/mol. The summed E-state index contributed by atoms with van der Waals surface area (Å²) in [6.45, 7) is -0.353. The number of esters is 1. The monoisotopic (exact) mass is 635 g/mol. The van der Waals surface area contributed by atoms with Gasteiger partial charge in [0.1, 0.15) is 5.82 Å². The fourth-order valence-electron chi connectivity index (χ4n) is 3.00. The van der Waals surface area contributed by atoms with E-state index >= 15 is 0 Å². The number of nitrogens with one attached hydrogen (secondary N) is 2. The second-order valence-corrected chi connectivity index (χ2v) is 9.02. The fourth-order valence-corrected chi connectivity index (χ4v) is 4.34. The molecule has 3 aromatic carbocycles. The fraction of sp³-hybridized carbons (Fsp3) is 0.120. The molecule has 12 heteroatoms. The first-order valence-corrected chi connectivity index (χ1v) is 12.1. The number of benzene rings is 3. The summed E-state index contributed by atoms with van der Waals surface area (Å²) in [5, 5.41) is 6.35. The van der Waals surface area contributed by atoms with Crippen LogP contribution in [0, 0.1) is 5.82 Å². The summed E-state index contributed by atoms with van der Waals surface area (Å²) < 4.78 is 30.3. The van der Waals surface area contributed by atoms with Crippen LogP contribution in [0.1, 0.15) is 26.3 Å². The Labute approximate surface area is 228 Å². The van der Waals surface area contributed by atoms with Gasteiger partial charge < -0.3 is 19.5 Å². The number of hydrazone groups is 1. The van der Waals surface area contributed by atoms with Gasteiger partial charge in [-0.2, -0.15) is 5.10 Å². The zero-order chi connectivity index (χ0) is 26.9. The largest absolute Gasteiger partial charge is 0.493 e. The molecule has 2 amide bonds. The van der Waals surface area contributed by atoms with E-state index in [4.69, 9.17) is 14.2 Å². The molecule has 0 heterocycles. The van der Waals surface area contributed by atoms with Crippen molar-refractivity contribution in [3.05, 3.63) is 86.1 Å². The van der Waals surface area contributed by atoms with Gasteiger partial charge in [0.15, 0.2) is 17.2 Å². The summed E-state index contributed by atoms with van der Waals surface area (Å²) in [6, 6.07) is 12.9. The van der Waals surface area contributed by atoms with Crippen molar-refractivity contribution in [2.45, 2.75) is 0 Å². The van der Waals surface area contributed by atoms with Crippen molar-refractivity contribution < 1.29 is 33.0 Å². The van der Waals surface area contributed by atoms with Crippen LogP contribution in [0.2, 0.25) is 0 Å². The molecule has 0 aromatic heterocycles. The number of hydrogen-bond donors (Lipinski definition) is 2. The maximum absolute atomic E-state index is 13.5. The molecule has 0 saturated carbocycles. The highest BCUT2D eigenvalue weighted by molar-refractivity contribution is 9.11. The molecule has 0 bridgehead atoms. The third-order valence-electron chi connectivity index (χ3n) is 4.74. The summed E-state index contributed by atoms with van der Waals surface area (Å²) in [4.78, 5) is 37.0. The highest BCUT2D eigenvalue weighted by atomic mass is 79.9. The molecule has 2 N–H and O–H groups in total. The molecular weight excluding hydrogens is 617 g/mol. The molecule has 0 radical (unpaired) electrons. The smallest absolute Gasteiger partial charge is 0.343 e. The lowest BCUT2D eigenvalue weighted by atomic mass is 10.2. The predicted octanol–water partition coefficient (Wildman–Crippen LogP) is 4.47. The van der Waals surface area contributed by atoms with E-state index in [9.17, 15) is 18.8 Å². The molecular formula is C25H20Br2FN3O6. The topological polar surface area (TPSA) is 115 Å². The quantitative estimate of drug-likeness (QED) is 0.155. The molecule has 0 atom stereocenters. The van der Waals surface area contributed by atoms with Crippen molar-refractivity contribution in [1.29, 1.82) is 0 Å². The maximum atomic E-state index is 13.5. The van der Waals surface area contributed by atoms with E-state index in [1.807, 2.05) is 0 Å². The molecule has 9 nitrogen and oxygen atoms in total. The van der Waals surface area contributed by atoms with E-state index in [1.165, 1.54) is 50.8 Å². The first kappa shape index (κ1) is 27.8. The van der Waals surface area contributed by atoms with Crippen molar-refractivity contribution >= 4 is 55.9 Å². The van der Waals surface area contributed by atoms with Gasteiger partial charge in [0.2, 0.25) is 0 Å². The number of nitrogens with zero attached hydrogens (tertiary/aromatic N) is 1. The molecule has 3 aromatic rings. The number of hydrogen-bond acceptors (Lipinski definition) is 7. The van der Waals surface area contributed by atoms with Crippen LogP contribution in [-0.4, -0.2) is 44.8 Å². The number of rotatable bonds is 9. The molecule has 0 spiro atoms. The van der Waals surface area contributed by atoms with Gasteiger partial charge in [0, 0.05) is 15.6 Å². The summed E-state index contributed by atoms with van der Waals surface area (Å²) in [5.41, 5.74) is 2.92. The number of ether oxygens (including phenoxy) is 3. The highest BCUT2D eigenvalue weighted by Crippen LogP contribution is 2.33. The van der Waals surface area contributed by atoms with Gasteiger partial charge in [0.05, 0.1) is 37.0 Å². The summed E-state index contributed by atoms with van der Waals surface area (Å²) >= 11 is 6.66. The Morgan fingerprint density at radius 1 is 0.973 bits per heavy atom. The van der Waals surface area contributed by atoms with Gasteiger partial charge in [-0.15, -0.1) is 0 Å². The molecule has 3 rings (SSSR count). The Kier molecular flexibility index (Phi) is 9.75. The van der Waals surface area contributed by atoms with Crippen molar-refractivity contribution in [3.8, 4) is 17.2 Å². The van der Waals surface area contributed by atoms with E-state index in [0.29, 0.717) is 26.0 Å². The van der Waals surface area contributed by atoms with Crippen LogP contribution in [0.25, 0.3) is 0 Å². The third-order valence-corrected chi connectivity index (χ3v) is 5.79. The van der Waals surface area contributed by atoms with E-state index < -0.39 is 23.6 Å². The molecule has 192 valence electrons. The van der Waals surface area contributed by atoms with Crippen molar-refractivity contribution in [2.75, 3.05) is 20.8 Å². The molecule has 0 saturated heterocycles. The summed E-state index contributed by atoms with van der Waals surface area (Å²) in [6.07, 6.45) is 1.26. The van der Waals surface area contributed by atoms with Crippen LogP contribution >= 0.6 is 31.9 Å². The van der Waals surface area contributed by atoms with Gasteiger partial charge in [-0.25, -0.2) is 14.6 Å². The van der Waals surface area contributed by atoms with E-state index in [-0.39, 0.29) is 23.4 Å². The Hall–Kier alpha value is -3.77. The van der Waals surface area contributed by atoms with Gasteiger partial charge in [-0.05, 0) is 64.5 Å². The van der Waals surface area contributed by atoms with Crippen LogP contribution in [-0.2, 0) is 4.79 Å². The average Bonchev–Trinajstić information content (AvgIpc) is 2.88. The Morgan fingerprint density at radius 2 is 1.73 bits per heavy atom. The van der Waals surface area contributed by atoms with Gasteiger partial charge in [-0.3, -0.25) is 9.59 Å². The highest BCUT2D eigenvalue weighted by Gasteiger charge is 2.16. The summed E-state index contributed by atoms with van der Waals surface area (Å²) in [7, 11) is 2.93. The first-order valence-electron chi connectivity index (χ1n) is 10.5. The Morgan fingerprint density at radius 3 is 2.43 bits per heavy atom. The normalized spacial score (nSPS) is 10.6. The molecule has 0 aliphatic heterocycles. The van der Waals surface area contributed by atoms with Gasteiger partial charge in [-0.1, -0.05) is 22.0 Å². The third kappa shape index (κ3) is 7.61. The minimum absolute atomic E-state index is 0.0243. The Bertz CT molecular complexity index is 1370. The second kappa shape index (κ2) is 13.0. The zero-order valence-corrected chi connectivity index (χ0v) is 22.7. The lowest BCUT2D eigenvalue weighted by Crippen LogP contribution is -2.34. The number of methoxy groups -OCH3 is 2. The molecule has 0 aliphatic rings. The van der Waals surface area contributed by atoms with Crippen LogP contribution in [0.4, 0.5) is 4.39 Å². The molecule has 0 fully saturated rings. The van der Waals surface area contributed by atoms with Gasteiger partial charge in [0.25, 0.3) is 11.8 Å². The second-order valence-electron chi connectivity index (χ2n) is 7.25. The molecule has 0 aliphatic carbocycles. The zero-order valence-electron chi connectivity index (χ0n) is 19.5. The van der Waals surface area contributed by atoms with Crippen LogP contribution in [0.5, 0.6) is 17.2 Å². The number of carbonyl (C=O) groups is 3. The van der Waals surface area contributed by atoms with E-state index in [0.717, 1.165) is 6.07 Å². The lowest BCUT2D eigenvalue weighted by Gasteiger charge is -2.11. The van der Waals surface area contributed by atoms with Crippen molar-refractivity contribution in [3.63, 3.8) is 0 Å². The van der Waals surface area contributed by atoms with Crippen LogP contribution in [0.3, 0.4) is 0 Å². The SMILES string of the molecule is COc1ccc(C(=O)NCC(=O)NN=Cc2cc(Br)cc(Br)c2OC(=O)c2cccc(F)c2)cc1OC. The van der Waals surface area contributed by atoms with Crippen LogP contribution in [0.15, 0.2) is 68.6 Å². The van der Waals surface area contributed by atoms with E-state index in [2.05, 4.69) is 47.7 Å². The maximum Gasteiger partial charge on any atom is 0.343 e. The standard InChI is InChI=1S/C25H20Br2FN3O6/c1-35-20-7-6-14(10-21(20)36-2)24(33)29-13-22(32)31-30-12-16-8-17(26)11-19(27)23(16)37-25(34)15-4-3-5-18(28)9-15/h3-12H,13H2,1-2H3,(H,29,33)(H,31,32). The van der Waals surface area contributed by atoms with Crippen molar-refractivity contribution in [1.82, 2.24) is 10.7 Å². The van der Waals surface area contributed by atoms with Crippen LogP contribution < -0.4 is 25.0 Å². The first-order chi connectivity index (χ1) is 17.7. The lowest BCUT2D eigenvalue weighted by molar-refractivity contribution is -0.120. The number of amides is 2.